The van der Waals surface area contributed by atoms with Gasteiger partial charge in [0.25, 0.3) is 0 Å². The third-order valence-electron chi connectivity index (χ3n) is 3.32. The minimum atomic E-state index is -0.474. The largest absolute Gasteiger partial charge is 0.496 e. The van der Waals surface area contributed by atoms with Crippen LogP contribution in [-0.2, 0) is 0 Å². The second-order valence-corrected chi connectivity index (χ2v) is 5.05. The van der Waals surface area contributed by atoms with E-state index in [1.165, 1.54) is 12.1 Å². The number of rotatable bonds is 4. The quantitative estimate of drug-likeness (QED) is 0.896. The van der Waals surface area contributed by atoms with E-state index in [9.17, 15) is 9.18 Å². The first-order chi connectivity index (χ1) is 10.5. The lowest BCUT2D eigenvalue weighted by Gasteiger charge is -2.18. The molecule has 0 aliphatic heterocycles. The topological polar surface area (TPSA) is 50.4 Å². The van der Waals surface area contributed by atoms with Gasteiger partial charge in [-0.05, 0) is 32.0 Å². The molecule has 2 rings (SSSR count). The van der Waals surface area contributed by atoms with Gasteiger partial charge in [0.2, 0.25) is 0 Å². The Bertz CT molecular complexity index is 673. The lowest BCUT2D eigenvalue weighted by molar-refractivity contribution is 0.249. The fourth-order valence-corrected chi connectivity index (χ4v) is 2.19. The minimum absolute atomic E-state index is 0.142. The van der Waals surface area contributed by atoms with Gasteiger partial charge in [0.05, 0.1) is 18.8 Å². The number of amides is 2. The van der Waals surface area contributed by atoms with Gasteiger partial charge >= 0.3 is 6.03 Å². The average molecular weight is 302 g/mol. The van der Waals surface area contributed by atoms with Gasteiger partial charge < -0.3 is 15.4 Å². The van der Waals surface area contributed by atoms with Gasteiger partial charge in [-0.3, -0.25) is 0 Å². The molecular formula is C17H19FN2O2. The lowest BCUT2D eigenvalue weighted by atomic mass is 10.0. The molecule has 0 spiro atoms. The molecule has 0 aliphatic carbocycles. The summed E-state index contributed by atoms with van der Waals surface area (Å²) in [5.41, 5.74) is 2.08. The van der Waals surface area contributed by atoms with E-state index in [1.54, 1.807) is 19.2 Å². The Morgan fingerprint density at radius 1 is 1.23 bits per heavy atom. The maximum atomic E-state index is 13.5. The van der Waals surface area contributed by atoms with E-state index in [1.807, 2.05) is 32.0 Å². The van der Waals surface area contributed by atoms with Gasteiger partial charge in [0, 0.05) is 5.56 Å². The number of carbonyl (C=O) groups is 1. The van der Waals surface area contributed by atoms with E-state index >= 15 is 0 Å². The molecule has 2 N–H and O–H groups in total. The number of nitrogens with one attached hydrogen (secondary N) is 2. The molecule has 5 heteroatoms. The molecule has 1 atom stereocenters. The molecule has 0 saturated heterocycles. The van der Waals surface area contributed by atoms with Gasteiger partial charge in [0.1, 0.15) is 11.6 Å². The van der Waals surface area contributed by atoms with E-state index < -0.39 is 11.8 Å². The van der Waals surface area contributed by atoms with E-state index in [-0.39, 0.29) is 11.7 Å². The van der Waals surface area contributed by atoms with Crippen molar-refractivity contribution in [2.45, 2.75) is 19.9 Å². The lowest BCUT2D eigenvalue weighted by Crippen LogP contribution is -2.31. The molecule has 1 unspecified atom stereocenters. The maximum Gasteiger partial charge on any atom is 0.319 e. The van der Waals surface area contributed by atoms with Crippen molar-refractivity contribution in [3.05, 3.63) is 59.4 Å². The van der Waals surface area contributed by atoms with Gasteiger partial charge in [-0.2, -0.15) is 0 Å². The van der Waals surface area contributed by atoms with E-state index in [0.29, 0.717) is 5.75 Å². The third kappa shape index (κ3) is 3.75. The summed E-state index contributed by atoms with van der Waals surface area (Å²) in [7, 11) is 1.58. The second-order valence-electron chi connectivity index (χ2n) is 5.05. The number of para-hydroxylation sites is 1. The van der Waals surface area contributed by atoms with Gasteiger partial charge in [-0.15, -0.1) is 0 Å². The number of hydrogen-bond donors (Lipinski definition) is 2. The van der Waals surface area contributed by atoms with Crippen molar-refractivity contribution in [1.82, 2.24) is 5.32 Å². The molecule has 0 saturated carbocycles. The number of methoxy groups -OCH3 is 1. The van der Waals surface area contributed by atoms with Crippen LogP contribution in [0.5, 0.6) is 5.75 Å². The minimum Gasteiger partial charge on any atom is -0.496 e. The Balaban J connectivity index is 2.09. The van der Waals surface area contributed by atoms with Crippen LogP contribution in [0.1, 0.15) is 24.1 Å². The van der Waals surface area contributed by atoms with Crippen LogP contribution in [0.15, 0.2) is 42.5 Å². The zero-order valence-electron chi connectivity index (χ0n) is 12.8. The van der Waals surface area contributed by atoms with Crippen molar-refractivity contribution in [3.8, 4) is 5.75 Å². The Morgan fingerprint density at radius 3 is 2.64 bits per heavy atom. The number of halogens is 1. The summed E-state index contributed by atoms with van der Waals surface area (Å²) in [6, 6.07) is 11.0. The zero-order valence-corrected chi connectivity index (χ0v) is 12.8. The zero-order chi connectivity index (χ0) is 16.1. The summed E-state index contributed by atoms with van der Waals surface area (Å²) >= 11 is 0. The van der Waals surface area contributed by atoms with Crippen LogP contribution in [0.25, 0.3) is 0 Å². The highest BCUT2D eigenvalue weighted by Gasteiger charge is 2.15. The highest BCUT2D eigenvalue weighted by Crippen LogP contribution is 2.26. The highest BCUT2D eigenvalue weighted by molar-refractivity contribution is 5.89. The van der Waals surface area contributed by atoms with Crippen molar-refractivity contribution in [2.75, 3.05) is 12.4 Å². The highest BCUT2D eigenvalue weighted by atomic mass is 19.1. The Labute approximate surface area is 129 Å². The number of anilines is 1. The summed E-state index contributed by atoms with van der Waals surface area (Å²) in [5, 5.41) is 5.27. The monoisotopic (exact) mass is 302 g/mol. The van der Waals surface area contributed by atoms with E-state index in [2.05, 4.69) is 10.6 Å². The van der Waals surface area contributed by atoms with E-state index in [0.717, 1.165) is 11.1 Å². The number of ether oxygens (including phenoxy) is 1. The van der Waals surface area contributed by atoms with Crippen LogP contribution in [0.4, 0.5) is 14.9 Å². The molecule has 2 aromatic carbocycles. The molecule has 0 aliphatic rings. The normalized spacial score (nSPS) is 11.6. The first-order valence-corrected chi connectivity index (χ1v) is 6.98. The van der Waals surface area contributed by atoms with Crippen LogP contribution < -0.4 is 15.4 Å². The summed E-state index contributed by atoms with van der Waals surface area (Å²) in [6.07, 6.45) is 0. The number of benzene rings is 2. The Kier molecular flexibility index (Phi) is 4.99. The van der Waals surface area contributed by atoms with Crippen molar-refractivity contribution in [3.63, 3.8) is 0 Å². The van der Waals surface area contributed by atoms with Crippen LogP contribution in [0.3, 0.4) is 0 Å². The number of aryl methyl sites for hydroxylation is 1. The fraction of sp³-hybridized carbons (Fsp3) is 0.235. The van der Waals surface area contributed by atoms with Crippen molar-refractivity contribution < 1.29 is 13.9 Å². The second kappa shape index (κ2) is 6.93. The van der Waals surface area contributed by atoms with Gasteiger partial charge in [0.15, 0.2) is 0 Å². The molecule has 0 aromatic heterocycles. The first-order valence-electron chi connectivity index (χ1n) is 6.98. The summed E-state index contributed by atoms with van der Waals surface area (Å²) < 4.78 is 18.8. The molecule has 2 aromatic rings. The smallest absolute Gasteiger partial charge is 0.319 e. The van der Waals surface area contributed by atoms with E-state index in [4.69, 9.17) is 4.74 Å². The Morgan fingerprint density at radius 2 is 1.95 bits per heavy atom. The third-order valence-corrected chi connectivity index (χ3v) is 3.32. The number of carbonyl (C=O) groups excluding carboxylic acids is 1. The molecular weight excluding hydrogens is 283 g/mol. The Hall–Kier alpha value is -2.56. The molecule has 0 heterocycles. The fourth-order valence-electron chi connectivity index (χ4n) is 2.19. The molecule has 116 valence electrons. The molecule has 0 fully saturated rings. The van der Waals surface area contributed by atoms with Crippen molar-refractivity contribution in [2.24, 2.45) is 0 Å². The van der Waals surface area contributed by atoms with Gasteiger partial charge in [-0.25, -0.2) is 9.18 Å². The predicted octanol–water partition coefficient (Wildman–Crippen LogP) is 4.03. The number of hydrogen-bond acceptors (Lipinski definition) is 2. The van der Waals surface area contributed by atoms with Gasteiger partial charge in [-0.1, -0.05) is 29.8 Å². The maximum absolute atomic E-state index is 13.5. The standard InChI is InChI=1S/C17H19FN2O2/c1-11-8-9-16(22-3)13(10-11)12(2)19-17(21)20-15-7-5-4-6-14(15)18/h4-10,12H,1-3H3,(H2,19,20,21). The SMILES string of the molecule is COc1ccc(C)cc1C(C)NC(=O)Nc1ccccc1F. The van der Waals surface area contributed by atoms with Crippen molar-refractivity contribution in [1.29, 1.82) is 0 Å². The average Bonchev–Trinajstić information content (AvgIpc) is 2.49. The number of urea groups is 1. The van der Waals surface area contributed by atoms with Crippen LogP contribution in [0, 0.1) is 12.7 Å². The predicted molar refractivity (Wildman–Crippen MR) is 84.7 cm³/mol. The summed E-state index contributed by atoms with van der Waals surface area (Å²) in [5.74, 6) is 0.225. The summed E-state index contributed by atoms with van der Waals surface area (Å²) in [4.78, 5) is 12.0. The molecule has 0 bridgehead atoms. The van der Waals surface area contributed by atoms with Crippen molar-refractivity contribution >= 4 is 11.7 Å². The van der Waals surface area contributed by atoms with Crippen LogP contribution >= 0.6 is 0 Å². The molecule has 4 nitrogen and oxygen atoms in total. The summed E-state index contributed by atoms with van der Waals surface area (Å²) in [6.45, 7) is 3.81. The molecule has 2 amide bonds. The van der Waals surface area contributed by atoms with Crippen LogP contribution in [0.2, 0.25) is 0 Å². The van der Waals surface area contributed by atoms with Crippen LogP contribution in [-0.4, -0.2) is 13.1 Å². The molecule has 0 radical (unpaired) electrons. The first kappa shape index (κ1) is 15.8. The molecule has 22 heavy (non-hydrogen) atoms.